The number of aryl methyl sites for hydroxylation is 1. The van der Waals surface area contributed by atoms with E-state index in [2.05, 4.69) is 20.1 Å². The van der Waals surface area contributed by atoms with Crippen LogP contribution in [0, 0.1) is 6.92 Å². The van der Waals surface area contributed by atoms with E-state index < -0.39 is 0 Å². The minimum Gasteiger partial charge on any atom is -0.497 e. The molecule has 3 heterocycles. The molecule has 28 heavy (non-hydrogen) atoms. The number of carbonyl (C=O) groups excluding carboxylic acids is 1. The molecule has 2 aromatic heterocycles. The highest BCUT2D eigenvalue weighted by Gasteiger charge is 2.25. The van der Waals surface area contributed by atoms with Crippen molar-refractivity contribution in [3.05, 3.63) is 41.9 Å². The number of benzene rings is 1. The molecule has 0 N–H and O–H groups in total. The van der Waals surface area contributed by atoms with Gasteiger partial charge < -0.3 is 19.3 Å². The normalized spacial score (nSPS) is 14.4. The maximum atomic E-state index is 13.0. The third kappa shape index (κ3) is 3.19. The summed E-state index contributed by atoms with van der Waals surface area (Å²) in [5.41, 5.74) is 1.56. The van der Waals surface area contributed by atoms with Crippen molar-refractivity contribution in [3.8, 4) is 11.5 Å². The molecule has 1 saturated heterocycles. The average Bonchev–Trinajstić information content (AvgIpc) is 3.22. The SMILES string of the molecule is COc1ccc(C(=O)N2CCN(c3cc(C)n4cnnc4n3)CC2)c(OC)c1. The van der Waals surface area contributed by atoms with Gasteiger partial charge in [-0.05, 0) is 19.1 Å². The lowest BCUT2D eigenvalue weighted by atomic mass is 10.1. The largest absolute Gasteiger partial charge is 0.497 e. The maximum absolute atomic E-state index is 13.0. The third-order valence-electron chi connectivity index (χ3n) is 4.99. The molecule has 0 unspecified atom stereocenters. The van der Waals surface area contributed by atoms with Gasteiger partial charge in [-0.15, -0.1) is 10.2 Å². The van der Waals surface area contributed by atoms with Gasteiger partial charge in [0.05, 0.1) is 19.8 Å². The van der Waals surface area contributed by atoms with Crippen molar-refractivity contribution in [2.75, 3.05) is 45.3 Å². The molecule has 0 aliphatic carbocycles. The number of hydrogen-bond donors (Lipinski definition) is 0. The van der Waals surface area contributed by atoms with Gasteiger partial charge in [-0.1, -0.05) is 0 Å². The molecule has 1 aliphatic rings. The number of amides is 1. The van der Waals surface area contributed by atoms with Crippen LogP contribution in [0.5, 0.6) is 11.5 Å². The van der Waals surface area contributed by atoms with Crippen LogP contribution in [-0.4, -0.2) is 70.8 Å². The highest BCUT2D eigenvalue weighted by molar-refractivity contribution is 5.97. The number of rotatable bonds is 4. The van der Waals surface area contributed by atoms with Crippen molar-refractivity contribution in [2.45, 2.75) is 6.92 Å². The van der Waals surface area contributed by atoms with E-state index in [9.17, 15) is 4.79 Å². The van der Waals surface area contributed by atoms with Gasteiger partial charge >= 0.3 is 0 Å². The molecule has 4 rings (SSSR count). The first-order valence-electron chi connectivity index (χ1n) is 9.04. The molecule has 0 bridgehead atoms. The molecule has 0 radical (unpaired) electrons. The second-order valence-corrected chi connectivity index (χ2v) is 6.60. The number of carbonyl (C=O) groups is 1. The van der Waals surface area contributed by atoms with Crippen molar-refractivity contribution in [1.82, 2.24) is 24.5 Å². The van der Waals surface area contributed by atoms with Crippen molar-refractivity contribution in [1.29, 1.82) is 0 Å². The van der Waals surface area contributed by atoms with Gasteiger partial charge in [0.1, 0.15) is 23.6 Å². The Morgan fingerprint density at radius 1 is 1.07 bits per heavy atom. The number of ether oxygens (including phenoxy) is 2. The Bertz CT molecular complexity index is 1010. The monoisotopic (exact) mass is 382 g/mol. The van der Waals surface area contributed by atoms with E-state index in [0.717, 1.165) is 11.5 Å². The van der Waals surface area contributed by atoms with Crippen LogP contribution < -0.4 is 14.4 Å². The van der Waals surface area contributed by atoms with Crippen LogP contribution in [0.3, 0.4) is 0 Å². The number of aromatic nitrogens is 4. The zero-order chi connectivity index (χ0) is 19.7. The van der Waals surface area contributed by atoms with Gasteiger partial charge in [0.15, 0.2) is 0 Å². The molecule has 146 valence electrons. The van der Waals surface area contributed by atoms with E-state index in [1.54, 1.807) is 38.7 Å². The van der Waals surface area contributed by atoms with Crippen LogP contribution in [-0.2, 0) is 0 Å². The maximum Gasteiger partial charge on any atom is 0.257 e. The molecule has 1 aliphatic heterocycles. The molecule has 3 aromatic rings. The predicted octanol–water partition coefficient (Wildman–Crippen LogP) is 1.41. The predicted molar refractivity (Wildman–Crippen MR) is 103 cm³/mol. The second kappa shape index (κ2) is 7.34. The molecular weight excluding hydrogens is 360 g/mol. The van der Waals surface area contributed by atoms with Gasteiger partial charge in [-0.2, -0.15) is 4.98 Å². The van der Waals surface area contributed by atoms with Crippen molar-refractivity contribution in [3.63, 3.8) is 0 Å². The fourth-order valence-electron chi connectivity index (χ4n) is 3.39. The second-order valence-electron chi connectivity index (χ2n) is 6.60. The topological polar surface area (TPSA) is 85.1 Å². The Labute approximate surface area is 162 Å². The minimum atomic E-state index is -0.0452. The lowest BCUT2D eigenvalue weighted by Gasteiger charge is -2.35. The first-order valence-corrected chi connectivity index (χ1v) is 9.04. The molecule has 1 amide bonds. The summed E-state index contributed by atoms with van der Waals surface area (Å²) in [4.78, 5) is 21.5. The zero-order valence-corrected chi connectivity index (χ0v) is 16.1. The molecular formula is C19H22N6O3. The molecule has 1 fully saturated rings. The van der Waals surface area contributed by atoms with Gasteiger partial charge in [0.25, 0.3) is 11.7 Å². The Balaban J connectivity index is 1.48. The van der Waals surface area contributed by atoms with E-state index in [1.807, 2.05) is 22.3 Å². The Kier molecular flexibility index (Phi) is 4.72. The minimum absolute atomic E-state index is 0.0452. The average molecular weight is 382 g/mol. The van der Waals surface area contributed by atoms with Crippen molar-refractivity contribution >= 4 is 17.5 Å². The van der Waals surface area contributed by atoms with Gasteiger partial charge in [0.2, 0.25) is 0 Å². The van der Waals surface area contributed by atoms with Crippen LogP contribution in [0.15, 0.2) is 30.6 Å². The number of anilines is 1. The summed E-state index contributed by atoms with van der Waals surface area (Å²) in [5, 5.41) is 7.94. The van der Waals surface area contributed by atoms with Crippen LogP contribution in [0.2, 0.25) is 0 Å². The van der Waals surface area contributed by atoms with Crippen LogP contribution in [0.1, 0.15) is 16.1 Å². The third-order valence-corrected chi connectivity index (χ3v) is 4.99. The van der Waals surface area contributed by atoms with Crippen molar-refractivity contribution < 1.29 is 14.3 Å². The number of hydrogen-bond acceptors (Lipinski definition) is 7. The fourth-order valence-corrected chi connectivity index (χ4v) is 3.39. The van der Waals surface area contributed by atoms with Crippen LogP contribution in [0.4, 0.5) is 5.82 Å². The number of methoxy groups -OCH3 is 2. The first kappa shape index (κ1) is 18.0. The van der Waals surface area contributed by atoms with E-state index in [1.165, 1.54) is 0 Å². The van der Waals surface area contributed by atoms with E-state index in [4.69, 9.17) is 9.47 Å². The summed E-state index contributed by atoms with van der Waals surface area (Å²) >= 11 is 0. The summed E-state index contributed by atoms with van der Waals surface area (Å²) in [6, 6.07) is 7.26. The standard InChI is InChI=1S/C19H22N6O3/c1-13-10-17(21-19-22-20-12-25(13)19)23-6-8-24(9-7-23)18(26)15-5-4-14(27-2)11-16(15)28-3/h4-5,10-12H,6-9H2,1-3H3. The molecule has 1 aromatic carbocycles. The molecule has 9 heteroatoms. The summed E-state index contributed by atoms with van der Waals surface area (Å²) in [7, 11) is 3.14. The van der Waals surface area contributed by atoms with Crippen LogP contribution >= 0.6 is 0 Å². The van der Waals surface area contributed by atoms with E-state index in [-0.39, 0.29) is 5.91 Å². The fraction of sp³-hybridized carbons (Fsp3) is 0.368. The Hall–Kier alpha value is -3.36. The smallest absolute Gasteiger partial charge is 0.257 e. The van der Waals surface area contributed by atoms with Gasteiger partial charge in [-0.25, -0.2) is 0 Å². The van der Waals surface area contributed by atoms with E-state index >= 15 is 0 Å². The van der Waals surface area contributed by atoms with Crippen LogP contribution in [0.25, 0.3) is 5.78 Å². The summed E-state index contributed by atoms with van der Waals surface area (Å²) in [6.07, 6.45) is 1.65. The summed E-state index contributed by atoms with van der Waals surface area (Å²) in [6.45, 7) is 4.60. The molecule has 0 spiro atoms. The Morgan fingerprint density at radius 3 is 2.57 bits per heavy atom. The number of fused-ring (bicyclic) bond motifs is 1. The highest BCUT2D eigenvalue weighted by atomic mass is 16.5. The van der Waals surface area contributed by atoms with Gasteiger partial charge in [-0.3, -0.25) is 9.20 Å². The Morgan fingerprint density at radius 2 is 1.86 bits per heavy atom. The van der Waals surface area contributed by atoms with Crippen molar-refractivity contribution in [2.24, 2.45) is 0 Å². The number of nitrogens with zero attached hydrogens (tertiary/aromatic N) is 6. The lowest BCUT2D eigenvalue weighted by molar-refractivity contribution is 0.0743. The molecule has 9 nitrogen and oxygen atoms in total. The number of piperazine rings is 1. The molecule has 0 atom stereocenters. The zero-order valence-electron chi connectivity index (χ0n) is 16.1. The molecule has 0 saturated carbocycles. The highest BCUT2D eigenvalue weighted by Crippen LogP contribution is 2.26. The first-order chi connectivity index (χ1) is 13.6. The quantitative estimate of drug-likeness (QED) is 0.674. The summed E-state index contributed by atoms with van der Waals surface area (Å²) in [5.74, 6) is 2.56. The summed E-state index contributed by atoms with van der Waals surface area (Å²) < 4.78 is 12.4. The lowest BCUT2D eigenvalue weighted by Crippen LogP contribution is -2.49. The van der Waals surface area contributed by atoms with Gasteiger partial charge in [0, 0.05) is 44.0 Å². The van der Waals surface area contributed by atoms with E-state index in [0.29, 0.717) is 49.0 Å².